The molecule has 12 nitrogen and oxygen atoms in total. The molecule has 2 aromatic rings. The number of aromatic nitrogens is 3. The molecule has 0 spiro atoms. The van der Waals surface area contributed by atoms with E-state index in [1.165, 1.54) is 5.01 Å². The Labute approximate surface area is 173 Å². The second-order valence-electron chi connectivity index (χ2n) is 7.50. The molecule has 2 unspecified atom stereocenters. The summed E-state index contributed by atoms with van der Waals surface area (Å²) < 4.78 is 10.1. The van der Waals surface area contributed by atoms with E-state index < -0.39 is 18.1 Å². The van der Waals surface area contributed by atoms with E-state index in [-0.39, 0.29) is 17.7 Å². The monoisotopic (exact) mass is 415 g/mol. The molecule has 160 valence electrons. The van der Waals surface area contributed by atoms with Crippen molar-refractivity contribution >= 4 is 23.4 Å². The third-order valence-corrected chi connectivity index (χ3v) is 5.05. The van der Waals surface area contributed by atoms with Gasteiger partial charge in [-0.15, -0.1) is 0 Å². The van der Waals surface area contributed by atoms with Crippen LogP contribution in [0.15, 0.2) is 39.4 Å². The topological polar surface area (TPSA) is 139 Å². The van der Waals surface area contributed by atoms with Crippen LogP contribution < -0.4 is 15.6 Å². The lowest BCUT2D eigenvalue weighted by Crippen LogP contribution is -2.54. The smallest absolute Gasteiger partial charge is 0.335 e. The first kappa shape index (κ1) is 20.0. The molecule has 4 heterocycles. The predicted octanol–water partition coefficient (Wildman–Crippen LogP) is 0.745. The fraction of sp³-hybridized carbons (Fsp3) is 0.556. The summed E-state index contributed by atoms with van der Waals surface area (Å²) in [6, 6.07) is 4.69. The highest BCUT2D eigenvalue weighted by Crippen LogP contribution is 2.29. The number of esters is 1. The Hall–Kier alpha value is -3.28. The molecule has 0 aliphatic carbocycles. The van der Waals surface area contributed by atoms with Crippen molar-refractivity contribution in [3.8, 4) is 0 Å². The van der Waals surface area contributed by atoms with Gasteiger partial charge < -0.3 is 15.4 Å². The summed E-state index contributed by atoms with van der Waals surface area (Å²) in [6.07, 6.45) is 1.55. The maximum atomic E-state index is 12.6. The molecule has 2 aromatic heterocycles. The van der Waals surface area contributed by atoms with Crippen LogP contribution in [0.2, 0.25) is 0 Å². The zero-order valence-electron chi connectivity index (χ0n) is 17.0. The van der Waals surface area contributed by atoms with Crippen LogP contribution in [0.4, 0.5) is 17.5 Å². The summed E-state index contributed by atoms with van der Waals surface area (Å²) in [5, 5.41) is 17.2. The minimum Gasteiger partial charge on any atom is -0.461 e. The van der Waals surface area contributed by atoms with E-state index in [4.69, 9.17) is 15.1 Å². The molecule has 1 fully saturated rings. The highest BCUT2D eigenvalue weighted by Gasteiger charge is 2.43. The average Bonchev–Trinajstić information content (AvgIpc) is 3.34. The fourth-order valence-corrected chi connectivity index (χ4v) is 3.59. The van der Waals surface area contributed by atoms with E-state index in [2.05, 4.69) is 35.4 Å². The number of piperazine rings is 1. The van der Waals surface area contributed by atoms with Crippen LogP contribution in [-0.4, -0.2) is 77.1 Å². The molecule has 0 bridgehead atoms. The zero-order valence-corrected chi connectivity index (χ0v) is 17.0. The lowest BCUT2D eigenvalue weighted by Gasteiger charge is -2.37. The molecule has 4 rings (SSSR count). The van der Waals surface area contributed by atoms with Crippen LogP contribution in [0.5, 0.6) is 0 Å². The van der Waals surface area contributed by atoms with Crippen LogP contribution >= 0.6 is 0 Å². The molecule has 0 amide bonds. The number of nitrogens with zero attached hydrogens (tertiary/aromatic N) is 8. The van der Waals surface area contributed by atoms with E-state index >= 15 is 0 Å². The van der Waals surface area contributed by atoms with Gasteiger partial charge in [-0.05, 0) is 36.3 Å². The number of carbonyl (C=O) groups excluding carboxylic acids is 1. The lowest BCUT2D eigenvalue weighted by molar-refractivity contribution is -0.149. The number of anilines is 3. The third kappa shape index (κ3) is 4.17. The van der Waals surface area contributed by atoms with Gasteiger partial charge in [0, 0.05) is 38.9 Å². The van der Waals surface area contributed by atoms with Gasteiger partial charge >= 0.3 is 5.97 Å². The fourth-order valence-electron chi connectivity index (χ4n) is 3.59. The molecule has 12 heteroatoms. The van der Waals surface area contributed by atoms with Gasteiger partial charge in [0.05, 0.1) is 6.10 Å². The number of ether oxygens (including phenoxy) is 1. The molecule has 0 aromatic carbocycles. The molecule has 2 aliphatic heterocycles. The minimum atomic E-state index is -0.780. The van der Waals surface area contributed by atoms with Crippen LogP contribution in [0.1, 0.15) is 13.8 Å². The van der Waals surface area contributed by atoms with Gasteiger partial charge in [-0.2, -0.15) is 5.11 Å². The van der Waals surface area contributed by atoms with Crippen LogP contribution in [0, 0.1) is 0 Å². The van der Waals surface area contributed by atoms with Crippen molar-refractivity contribution in [3.05, 3.63) is 24.4 Å². The van der Waals surface area contributed by atoms with Crippen LogP contribution in [0.3, 0.4) is 0 Å². The quantitative estimate of drug-likeness (QED) is 0.672. The molecular formula is C18H25N9O3. The largest absolute Gasteiger partial charge is 0.461 e. The first-order valence-corrected chi connectivity index (χ1v) is 9.90. The molecule has 2 N–H and O–H groups in total. The van der Waals surface area contributed by atoms with Crippen molar-refractivity contribution in [1.82, 2.24) is 20.2 Å². The van der Waals surface area contributed by atoms with Gasteiger partial charge in [0.2, 0.25) is 11.6 Å². The maximum Gasteiger partial charge on any atom is 0.335 e. The maximum absolute atomic E-state index is 12.6. The number of hydrogen-bond acceptors (Lipinski definition) is 12. The Morgan fingerprint density at radius 1 is 1.27 bits per heavy atom. The summed E-state index contributed by atoms with van der Waals surface area (Å²) in [7, 11) is 0. The van der Waals surface area contributed by atoms with Crippen LogP contribution in [0.25, 0.3) is 0 Å². The van der Waals surface area contributed by atoms with Gasteiger partial charge in [-0.1, -0.05) is 11.3 Å². The summed E-state index contributed by atoms with van der Waals surface area (Å²) in [4.78, 5) is 21.5. The van der Waals surface area contributed by atoms with Crippen LogP contribution in [-0.2, 0) is 9.53 Å². The molecular weight excluding hydrogens is 390 g/mol. The van der Waals surface area contributed by atoms with Crippen molar-refractivity contribution < 1.29 is 14.2 Å². The molecule has 30 heavy (non-hydrogen) atoms. The second-order valence-corrected chi connectivity index (χ2v) is 7.50. The minimum absolute atomic E-state index is 0.0943. The summed E-state index contributed by atoms with van der Waals surface area (Å²) >= 11 is 0. The van der Waals surface area contributed by atoms with E-state index in [1.54, 1.807) is 20.0 Å². The number of nitrogens with two attached hydrogens (primary N) is 1. The number of hydrogen-bond donors (Lipinski definition) is 1. The SMILES string of the molecule is CC(C)OC(=O)C1N=NN(c2nonc2N)C1CN1CCN(c2ccccn2)CC1. The highest BCUT2D eigenvalue weighted by atomic mass is 16.6. The first-order chi connectivity index (χ1) is 14.5. The summed E-state index contributed by atoms with van der Waals surface area (Å²) in [6.45, 7) is 7.39. The van der Waals surface area contributed by atoms with Gasteiger partial charge in [0.25, 0.3) is 0 Å². The number of carbonyl (C=O) groups is 1. The predicted molar refractivity (Wildman–Crippen MR) is 108 cm³/mol. The molecule has 0 saturated carbocycles. The summed E-state index contributed by atoms with van der Waals surface area (Å²) in [5.74, 6) is 0.875. The van der Waals surface area contributed by atoms with Gasteiger partial charge in [-0.25, -0.2) is 19.4 Å². The van der Waals surface area contributed by atoms with Crippen molar-refractivity contribution in [2.45, 2.75) is 32.0 Å². The van der Waals surface area contributed by atoms with Gasteiger partial charge in [0.1, 0.15) is 11.9 Å². The summed E-state index contributed by atoms with van der Waals surface area (Å²) in [5.41, 5.74) is 5.85. The first-order valence-electron chi connectivity index (χ1n) is 9.90. The van der Waals surface area contributed by atoms with E-state index in [9.17, 15) is 4.79 Å². The molecule has 2 aliphatic rings. The number of nitrogen functional groups attached to an aromatic ring is 1. The van der Waals surface area contributed by atoms with E-state index in [0.29, 0.717) is 6.54 Å². The lowest BCUT2D eigenvalue weighted by atomic mass is 10.1. The Morgan fingerprint density at radius 2 is 2.07 bits per heavy atom. The van der Waals surface area contributed by atoms with Crippen molar-refractivity contribution in [1.29, 1.82) is 0 Å². The molecule has 1 saturated heterocycles. The van der Waals surface area contributed by atoms with Gasteiger partial charge in [-0.3, -0.25) is 4.90 Å². The normalized spacial score (nSPS) is 22.1. The standard InChI is InChI=1S/C18H25N9O3/c1-12(2)29-18(28)15-13(27(24-21-15)17-16(19)22-30-23-17)11-25-7-9-26(10-8-25)14-5-3-4-6-20-14/h3-6,12-13,15H,7-11H2,1-2H3,(H2,19,22). The Kier molecular flexibility index (Phi) is 5.74. The van der Waals surface area contributed by atoms with Crippen molar-refractivity contribution in [2.24, 2.45) is 10.3 Å². The zero-order chi connectivity index (χ0) is 21.1. The van der Waals surface area contributed by atoms with Crippen molar-refractivity contribution in [2.75, 3.05) is 48.4 Å². The number of rotatable bonds is 6. The Balaban J connectivity index is 1.46. The average molecular weight is 415 g/mol. The highest BCUT2D eigenvalue weighted by molar-refractivity contribution is 5.78. The molecule has 2 atom stereocenters. The Morgan fingerprint density at radius 3 is 2.70 bits per heavy atom. The second kappa shape index (κ2) is 8.61. The van der Waals surface area contributed by atoms with Gasteiger partial charge in [0.15, 0.2) is 6.04 Å². The van der Waals surface area contributed by atoms with Crippen molar-refractivity contribution in [3.63, 3.8) is 0 Å². The molecule has 0 radical (unpaired) electrons. The van der Waals surface area contributed by atoms with E-state index in [0.717, 1.165) is 32.0 Å². The van der Waals surface area contributed by atoms with E-state index in [1.807, 2.05) is 18.2 Å². The third-order valence-electron chi connectivity index (χ3n) is 5.05. The Bertz CT molecular complexity index is 880. The number of pyridine rings is 1.